The second-order valence-electron chi connectivity index (χ2n) is 6.01. The Morgan fingerprint density at radius 3 is 2.33 bits per heavy atom. The molecule has 0 unspecified atom stereocenters. The molecule has 4 nitrogen and oxygen atoms in total. The van der Waals surface area contributed by atoms with Crippen LogP contribution in [0.4, 0.5) is 0 Å². The molecule has 1 amide bonds. The number of carbonyl (C=O) groups is 1. The molecule has 0 bridgehead atoms. The van der Waals surface area contributed by atoms with E-state index in [0.29, 0.717) is 6.04 Å². The Morgan fingerprint density at radius 1 is 1.14 bits per heavy atom. The van der Waals surface area contributed by atoms with Crippen molar-refractivity contribution in [3.63, 3.8) is 0 Å². The van der Waals surface area contributed by atoms with Gasteiger partial charge in [-0.1, -0.05) is 6.92 Å². The molecular weight excluding hydrogens is 309 g/mol. The summed E-state index contributed by atoms with van der Waals surface area (Å²) in [4.78, 5) is 14.4. The quantitative estimate of drug-likeness (QED) is 0.807. The van der Waals surface area contributed by atoms with Crippen molar-refractivity contribution >= 4 is 30.7 Å². The molecule has 2 saturated heterocycles. The first-order valence-electron chi connectivity index (χ1n) is 8.00. The number of piperidine rings is 2. The normalized spacial score (nSPS) is 21.2. The standard InChI is InChI=1S/C15H29N3O.2ClH/c1-2-18-11-7-14(8-12-18)17-15(19)4-3-13-5-9-16-10-6-13;;/h13-14,16H,2-12H2,1H3,(H,17,19);2*1H. The Hall–Kier alpha value is -0.0300. The third-order valence-corrected chi connectivity index (χ3v) is 4.64. The zero-order valence-corrected chi connectivity index (χ0v) is 14.7. The van der Waals surface area contributed by atoms with Crippen molar-refractivity contribution in [2.45, 2.75) is 51.5 Å². The Balaban J connectivity index is 0.00000200. The van der Waals surface area contributed by atoms with E-state index in [1.165, 1.54) is 12.8 Å². The molecule has 0 aromatic heterocycles. The summed E-state index contributed by atoms with van der Waals surface area (Å²) in [7, 11) is 0. The molecule has 126 valence electrons. The van der Waals surface area contributed by atoms with E-state index >= 15 is 0 Å². The average molecular weight is 340 g/mol. The van der Waals surface area contributed by atoms with Gasteiger partial charge >= 0.3 is 0 Å². The van der Waals surface area contributed by atoms with Crippen molar-refractivity contribution in [3.05, 3.63) is 0 Å². The lowest BCUT2D eigenvalue weighted by Gasteiger charge is -2.31. The monoisotopic (exact) mass is 339 g/mol. The molecule has 2 heterocycles. The van der Waals surface area contributed by atoms with Crippen molar-refractivity contribution in [1.82, 2.24) is 15.5 Å². The van der Waals surface area contributed by atoms with Crippen LogP contribution >= 0.6 is 24.8 Å². The van der Waals surface area contributed by atoms with Crippen LogP contribution in [0.2, 0.25) is 0 Å². The summed E-state index contributed by atoms with van der Waals surface area (Å²) in [5, 5.41) is 6.59. The molecule has 0 saturated carbocycles. The Labute approximate surface area is 141 Å². The number of amides is 1. The highest BCUT2D eigenvalue weighted by molar-refractivity contribution is 5.85. The van der Waals surface area contributed by atoms with Crippen LogP contribution in [0.25, 0.3) is 0 Å². The van der Waals surface area contributed by atoms with Gasteiger partial charge in [-0.05, 0) is 57.7 Å². The summed E-state index contributed by atoms with van der Waals surface area (Å²) >= 11 is 0. The first-order chi connectivity index (χ1) is 9.28. The molecule has 6 heteroatoms. The van der Waals surface area contributed by atoms with Crippen molar-refractivity contribution in [1.29, 1.82) is 0 Å². The van der Waals surface area contributed by atoms with Crippen molar-refractivity contribution < 1.29 is 4.79 Å². The lowest BCUT2D eigenvalue weighted by atomic mass is 9.93. The van der Waals surface area contributed by atoms with Crippen LogP contribution in [0.5, 0.6) is 0 Å². The number of likely N-dealkylation sites (tertiary alicyclic amines) is 1. The fraction of sp³-hybridized carbons (Fsp3) is 0.933. The van der Waals surface area contributed by atoms with Crippen molar-refractivity contribution in [2.75, 3.05) is 32.7 Å². The number of halogens is 2. The predicted octanol–water partition coefficient (Wildman–Crippen LogP) is 2.21. The molecule has 2 fully saturated rings. The summed E-state index contributed by atoms with van der Waals surface area (Å²) in [5.74, 6) is 1.03. The minimum atomic E-state index is 0. The van der Waals surface area contributed by atoms with E-state index in [-0.39, 0.29) is 30.7 Å². The van der Waals surface area contributed by atoms with E-state index in [0.717, 1.165) is 64.3 Å². The minimum absolute atomic E-state index is 0. The van der Waals surface area contributed by atoms with E-state index in [2.05, 4.69) is 22.5 Å². The summed E-state index contributed by atoms with van der Waals surface area (Å²) in [5.41, 5.74) is 0. The minimum Gasteiger partial charge on any atom is -0.353 e. The Bertz CT molecular complexity index is 278. The van der Waals surface area contributed by atoms with Gasteiger partial charge in [-0.2, -0.15) is 0 Å². The van der Waals surface area contributed by atoms with Gasteiger partial charge in [-0.15, -0.1) is 24.8 Å². The molecule has 0 aromatic carbocycles. The zero-order valence-electron chi connectivity index (χ0n) is 13.1. The van der Waals surface area contributed by atoms with E-state index in [1.807, 2.05) is 0 Å². The fourth-order valence-corrected chi connectivity index (χ4v) is 3.20. The lowest BCUT2D eigenvalue weighted by Crippen LogP contribution is -2.44. The predicted molar refractivity (Wildman–Crippen MR) is 92.6 cm³/mol. The van der Waals surface area contributed by atoms with E-state index in [1.54, 1.807) is 0 Å². The maximum atomic E-state index is 12.0. The van der Waals surface area contributed by atoms with E-state index < -0.39 is 0 Å². The van der Waals surface area contributed by atoms with Gasteiger partial charge in [0.1, 0.15) is 0 Å². The number of nitrogens with zero attached hydrogens (tertiary/aromatic N) is 1. The highest BCUT2D eigenvalue weighted by atomic mass is 35.5. The van der Waals surface area contributed by atoms with Gasteiger partial charge < -0.3 is 15.5 Å². The smallest absolute Gasteiger partial charge is 0.220 e. The summed E-state index contributed by atoms with van der Waals surface area (Å²) in [6.45, 7) is 7.86. The summed E-state index contributed by atoms with van der Waals surface area (Å²) in [6, 6.07) is 0.420. The lowest BCUT2D eigenvalue weighted by molar-refractivity contribution is -0.122. The SMILES string of the molecule is CCN1CCC(NC(=O)CCC2CCNCC2)CC1.Cl.Cl. The summed E-state index contributed by atoms with van der Waals surface area (Å²) < 4.78 is 0. The summed E-state index contributed by atoms with van der Waals surface area (Å²) in [6.07, 6.45) is 6.50. The van der Waals surface area contributed by atoms with Crippen LogP contribution in [-0.2, 0) is 4.79 Å². The van der Waals surface area contributed by atoms with Gasteiger partial charge in [0.15, 0.2) is 0 Å². The molecule has 2 aliphatic heterocycles. The molecule has 21 heavy (non-hydrogen) atoms. The molecule has 0 radical (unpaired) electrons. The van der Waals surface area contributed by atoms with Gasteiger partial charge in [0.05, 0.1) is 0 Å². The number of rotatable bonds is 5. The molecule has 0 atom stereocenters. The highest BCUT2D eigenvalue weighted by Gasteiger charge is 2.20. The molecule has 2 rings (SSSR count). The van der Waals surface area contributed by atoms with Crippen molar-refractivity contribution in [2.24, 2.45) is 5.92 Å². The number of hydrogen-bond acceptors (Lipinski definition) is 3. The van der Waals surface area contributed by atoms with Crippen LogP contribution in [0.1, 0.15) is 45.4 Å². The van der Waals surface area contributed by atoms with Gasteiger partial charge in [0.25, 0.3) is 0 Å². The zero-order chi connectivity index (χ0) is 13.5. The van der Waals surface area contributed by atoms with Crippen LogP contribution in [-0.4, -0.2) is 49.6 Å². The first kappa shape index (κ1) is 21.0. The molecule has 2 N–H and O–H groups in total. The van der Waals surface area contributed by atoms with E-state index in [9.17, 15) is 4.79 Å². The highest BCUT2D eigenvalue weighted by Crippen LogP contribution is 2.18. The van der Waals surface area contributed by atoms with Gasteiger partial charge in [0.2, 0.25) is 5.91 Å². The van der Waals surface area contributed by atoms with Crippen molar-refractivity contribution in [3.8, 4) is 0 Å². The fourth-order valence-electron chi connectivity index (χ4n) is 3.20. The third kappa shape index (κ3) is 7.68. The maximum Gasteiger partial charge on any atom is 0.220 e. The molecule has 0 aromatic rings. The van der Waals surface area contributed by atoms with Crippen LogP contribution in [0.3, 0.4) is 0 Å². The molecular formula is C15H31Cl2N3O. The molecule has 2 aliphatic rings. The number of nitrogens with one attached hydrogen (secondary N) is 2. The first-order valence-corrected chi connectivity index (χ1v) is 8.00. The largest absolute Gasteiger partial charge is 0.353 e. The van der Waals surface area contributed by atoms with E-state index in [4.69, 9.17) is 0 Å². The van der Waals surface area contributed by atoms with Crippen LogP contribution in [0.15, 0.2) is 0 Å². The van der Waals surface area contributed by atoms with Crippen LogP contribution in [0, 0.1) is 5.92 Å². The van der Waals surface area contributed by atoms with Gasteiger partial charge in [-0.3, -0.25) is 4.79 Å². The molecule has 0 aliphatic carbocycles. The van der Waals surface area contributed by atoms with Crippen LogP contribution < -0.4 is 10.6 Å². The molecule has 0 spiro atoms. The topological polar surface area (TPSA) is 44.4 Å². The maximum absolute atomic E-state index is 12.0. The Kier molecular flexibility index (Phi) is 11.5. The number of hydrogen-bond donors (Lipinski definition) is 2. The second kappa shape index (κ2) is 11.5. The third-order valence-electron chi connectivity index (χ3n) is 4.64. The Morgan fingerprint density at radius 2 is 1.76 bits per heavy atom. The van der Waals surface area contributed by atoms with Gasteiger partial charge in [0, 0.05) is 25.6 Å². The second-order valence-corrected chi connectivity index (χ2v) is 6.01. The number of carbonyl (C=O) groups excluding carboxylic acids is 1. The average Bonchev–Trinajstić information content (AvgIpc) is 2.47. The van der Waals surface area contributed by atoms with Gasteiger partial charge in [-0.25, -0.2) is 0 Å².